The van der Waals surface area contributed by atoms with Crippen molar-refractivity contribution < 1.29 is 19.1 Å². The molecule has 1 aliphatic heterocycles. The van der Waals surface area contributed by atoms with Gasteiger partial charge in [0.2, 0.25) is 5.60 Å². The summed E-state index contributed by atoms with van der Waals surface area (Å²) in [7, 11) is 0. The van der Waals surface area contributed by atoms with Crippen LogP contribution in [0.5, 0.6) is 0 Å². The van der Waals surface area contributed by atoms with Gasteiger partial charge < -0.3 is 15.2 Å². The molecule has 13 heavy (non-hydrogen) atoms. The van der Waals surface area contributed by atoms with Crippen LogP contribution in [0, 0.1) is 5.41 Å². The monoisotopic (exact) mass is 187 g/mol. The molecule has 1 atom stereocenters. The summed E-state index contributed by atoms with van der Waals surface area (Å²) < 4.78 is 9.42. The van der Waals surface area contributed by atoms with E-state index < -0.39 is 23.1 Å². The fourth-order valence-electron chi connectivity index (χ4n) is 1.18. The summed E-state index contributed by atoms with van der Waals surface area (Å²) >= 11 is 0. The van der Waals surface area contributed by atoms with Crippen LogP contribution in [0.4, 0.5) is 4.79 Å². The molecule has 0 aromatic rings. The molecule has 5 heteroatoms. The minimum atomic E-state index is -1.20. The number of carbonyl (C=O) groups is 2. The molecule has 1 rings (SSSR count). The summed E-state index contributed by atoms with van der Waals surface area (Å²) in [6.45, 7) is 5.45. The highest BCUT2D eigenvalue weighted by Gasteiger charge is 2.61. The zero-order chi connectivity index (χ0) is 10.3. The lowest BCUT2D eigenvalue weighted by Crippen LogP contribution is -2.65. The van der Waals surface area contributed by atoms with E-state index in [4.69, 9.17) is 10.5 Å². The standard InChI is InChI=1S/C8H13NO4/c1-7(2,3)8(13-6(9)11)4-12-5(8)10/h4H2,1-3H3,(H2,9,11)/t8-/m0/s1. The number of cyclic esters (lactones) is 1. The van der Waals surface area contributed by atoms with Crippen LogP contribution in [0.15, 0.2) is 0 Å². The predicted molar refractivity (Wildman–Crippen MR) is 43.8 cm³/mol. The van der Waals surface area contributed by atoms with E-state index in [1.165, 1.54) is 0 Å². The number of amides is 1. The Hall–Kier alpha value is -1.26. The summed E-state index contributed by atoms with van der Waals surface area (Å²) in [5, 5.41) is 0. The van der Waals surface area contributed by atoms with Crippen molar-refractivity contribution in [3.63, 3.8) is 0 Å². The minimum absolute atomic E-state index is 0.0816. The maximum atomic E-state index is 11.2. The molecule has 0 spiro atoms. The molecular weight excluding hydrogens is 174 g/mol. The van der Waals surface area contributed by atoms with Crippen LogP contribution < -0.4 is 5.73 Å². The van der Waals surface area contributed by atoms with Gasteiger partial charge in [0.1, 0.15) is 6.61 Å². The lowest BCUT2D eigenvalue weighted by molar-refractivity contribution is -0.223. The van der Waals surface area contributed by atoms with E-state index in [0.29, 0.717) is 0 Å². The first-order chi connectivity index (χ1) is 5.79. The fourth-order valence-corrected chi connectivity index (χ4v) is 1.18. The number of rotatable bonds is 1. The Kier molecular flexibility index (Phi) is 1.98. The molecule has 1 saturated heterocycles. The zero-order valence-electron chi connectivity index (χ0n) is 7.92. The molecule has 0 radical (unpaired) electrons. The second-order valence-electron chi connectivity index (χ2n) is 4.07. The van der Waals surface area contributed by atoms with Crippen LogP contribution in [0.2, 0.25) is 0 Å². The Labute approximate surface area is 76.2 Å². The largest absolute Gasteiger partial charge is 0.458 e. The van der Waals surface area contributed by atoms with Crippen LogP contribution in [-0.2, 0) is 14.3 Å². The molecule has 1 amide bonds. The number of nitrogens with two attached hydrogens (primary N) is 1. The summed E-state index contributed by atoms with van der Waals surface area (Å²) in [6.07, 6.45) is -0.952. The van der Waals surface area contributed by atoms with Crippen LogP contribution in [0.1, 0.15) is 20.8 Å². The minimum Gasteiger partial charge on any atom is -0.458 e. The summed E-state index contributed by atoms with van der Waals surface area (Å²) in [5.41, 5.74) is 3.18. The highest BCUT2D eigenvalue weighted by atomic mass is 16.7. The molecule has 74 valence electrons. The average Bonchev–Trinajstić information content (AvgIpc) is 1.94. The van der Waals surface area contributed by atoms with E-state index in [0.717, 1.165) is 0 Å². The van der Waals surface area contributed by atoms with Gasteiger partial charge >= 0.3 is 12.1 Å². The maximum Gasteiger partial charge on any atom is 0.405 e. The van der Waals surface area contributed by atoms with Crippen LogP contribution in [0.3, 0.4) is 0 Å². The molecule has 0 saturated carbocycles. The van der Waals surface area contributed by atoms with Gasteiger partial charge in [-0.3, -0.25) is 0 Å². The fraction of sp³-hybridized carbons (Fsp3) is 0.750. The van der Waals surface area contributed by atoms with Crippen molar-refractivity contribution in [2.45, 2.75) is 26.4 Å². The van der Waals surface area contributed by atoms with Gasteiger partial charge in [0, 0.05) is 5.41 Å². The molecule has 2 N–H and O–H groups in total. The predicted octanol–water partition coefficient (Wildman–Crippen LogP) is 0.423. The first-order valence-electron chi connectivity index (χ1n) is 3.95. The summed E-state index contributed by atoms with van der Waals surface area (Å²) in [4.78, 5) is 21.8. The third-order valence-corrected chi connectivity index (χ3v) is 2.22. The van der Waals surface area contributed by atoms with Crippen molar-refractivity contribution in [2.75, 3.05) is 6.61 Å². The van der Waals surface area contributed by atoms with Crippen LogP contribution in [-0.4, -0.2) is 24.3 Å². The lowest BCUT2D eigenvalue weighted by atomic mass is 9.74. The molecule has 1 fully saturated rings. The molecule has 0 aliphatic carbocycles. The Morgan fingerprint density at radius 1 is 1.62 bits per heavy atom. The van der Waals surface area contributed by atoms with Crippen molar-refractivity contribution >= 4 is 12.1 Å². The number of esters is 1. The molecule has 0 aromatic heterocycles. The Morgan fingerprint density at radius 3 is 2.23 bits per heavy atom. The third-order valence-electron chi connectivity index (χ3n) is 2.22. The van der Waals surface area contributed by atoms with E-state index in [9.17, 15) is 9.59 Å². The van der Waals surface area contributed by atoms with Crippen molar-refractivity contribution in [3.8, 4) is 0 Å². The van der Waals surface area contributed by atoms with E-state index >= 15 is 0 Å². The average molecular weight is 187 g/mol. The number of carbonyl (C=O) groups excluding carboxylic acids is 2. The van der Waals surface area contributed by atoms with Gasteiger partial charge in [0.15, 0.2) is 0 Å². The topological polar surface area (TPSA) is 78.6 Å². The normalized spacial score (nSPS) is 27.5. The molecule has 1 heterocycles. The second kappa shape index (κ2) is 2.61. The highest BCUT2D eigenvalue weighted by molar-refractivity contribution is 5.88. The van der Waals surface area contributed by atoms with Gasteiger partial charge in [-0.1, -0.05) is 20.8 Å². The first kappa shape index (κ1) is 9.83. The van der Waals surface area contributed by atoms with Crippen molar-refractivity contribution in [1.29, 1.82) is 0 Å². The third kappa shape index (κ3) is 1.34. The first-order valence-corrected chi connectivity index (χ1v) is 3.95. The number of hydrogen-bond donors (Lipinski definition) is 1. The molecular formula is C8H13NO4. The van der Waals surface area contributed by atoms with Crippen LogP contribution in [0.25, 0.3) is 0 Å². The SMILES string of the molecule is CC(C)(C)[C@]1(OC(N)=O)COC1=O. The van der Waals surface area contributed by atoms with Gasteiger partial charge in [0.05, 0.1) is 0 Å². The van der Waals surface area contributed by atoms with Gasteiger partial charge in [-0.15, -0.1) is 0 Å². The highest BCUT2D eigenvalue weighted by Crippen LogP contribution is 2.40. The van der Waals surface area contributed by atoms with Gasteiger partial charge in [-0.05, 0) is 0 Å². The Morgan fingerprint density at radius 2 is 2.15 bits per heavy atom. The number of primary amides is 1. The van der Waals surface area contributed by atoms with Crippen molar-refractivity contribution in [1.82, 2.24) is 0 Å². The van der Waals surface area contributed by atoms with E-state index in [2.05, 4.69) is 4.74 Å². The van der Waals surface area contributed by atoms with Crippen LogP contribution >= 0.6 is 0 Å². The smallest absolute Gasteiger partial charge is 0.405 e. The van der Waals surface area contributed by atoms with E-state index in [1.807, 2.05) is 0 Å². The van der Waals surface area contributed by atoms with Gasteiger partial charge in [0.25, 0.3) is 0 Å². The Bertz CT molecular complexity index is 255. The zero-order valence-corrected chi connectivity index (χ0v) is 7.92. The lowest BCUT2D eigenvalue weighted by Gasteiger charge is -2.46. The molecule has 5 nitrogen and oxygen atoms in total. The Balaban J connectivity index is 2.90. The van der Waals surface area contributed by atoms with Crippen molar-refractivity contribution in [2.24, 2.45) is 11.1 Å². The number of hydrogen-bond acceptors (Lipinski definition) is 4. The van der Waals surface area contributed by atoms with Gasteiger partial charge in [-0.2, -0.15) is 0 Å². The maximum absolute atomic E-state index is 11.2. The number of ether oxygens (including phenoxy) is 2. The molecule has 0 unspecified atom stereocenters. The van der Waals surface area contributed by atoms with E-state index in [-0.39, 0.29) is 6.61 Å². The summed E-state index contributed by atoms with van der Waals surface area (Å²) in [6, 6.07) is 0. The van der Waals surface area contributed by atoms with Crippen molar-refractivity contribution in [3.05, 3.63) is 0 Å². The summed E-state index contributed by atoms with van der Waals surface area (Å²) in [5.74, 6) is -0.529. The molecule has 0 bridgehead atoms. The second-order valence-corrected chi connectivity index (χ2v) is 4.07. The quantitative estimate of drug-likeness (QED) is 0.603. The van der Waals surface area contributed by atoms with Gasteiger partial charge in [-0.25, -0.2) is 9.59 Å². The van der Waals surface area contributed by atoms with E-state index in [1.54, 1.807) is 20.8 Å². The molecule has 1 aliphatic rings. The molecule has 0 aromatic carbocycles.